The van der Waals surface area contributed by atoms with E-state index in [9.17, 15) is 13.2 Å². The van der Waals surface area contributed by atoms with Gasteiger partial charge in [0.1, 0.15) is 0 Å². The molecule has 1 aliphatic rings. The van der Waals surface area contributed by atoms with E-state index < -0.39 is 15.9 Å². The molecule has 9 heteroatoms. The maximum Gasteiger partial charge on any atom is 0.267 e. The molecule has 4 rings (SSSR count). The molecule has 3 aromatic rings. The van der Waals surface area contributed by atoms with Gasteiger partial charge in [0.2, 0.25) is 0 Å². The number of amides is 1. The van der Waals surface area contributed by atoms with Crippen LogP contribution in [-0.2, 0) is 19.6 Å². The van der Waals surface area contributed by atoms with Crippen LogP contribution < -0.4 is 10.4 Å². The number of rotatable bonds is 6. The number of nitrogens with one attached hydrogen (secondary N) is 1. The molecule has 2 heterocycles. The fourth-order valence-electron chi connectivity index (χ4n) is 3.88. The van der Waals surface area contributed by atoms with Crippen molar-refractivity contribution in [1.82, 2.24) is 9.45 Å². The first-order valence-electron chi connectivity index (χ1n) is 10.5. The predicted octanol–water partition coefficient (Wildman–Crippen LogP) is 3.06. The molecule has 1 fully saturated rings. The molecular weight excluding hydrogens is 442 g/mol. The fraction of sp³-hybridized carbons (Fsp3) is 0.208. The summed E-state index contributed by atoms with van der Waals surface area (Å²) in [6, 6.07) is 14.5. The van der Waals surface area contributed by atoms with Gasteiger partial charge >= 0.3 is 0 Å². The molecule has 0 saturated carbocycles. The maximum atomic E-state index is 13.2. The normalized spacial score (nSPS) is 14.5. The van der Waals surface area contributed by atoms with Crippen molar-refractivity contribution in [1.29, 1.82) is 0 Å². The molecule has 2 N–H and O–H groups in total. The van der Waals surface area contributed by atoms with Crippen LogP contribution >= 0.6 is 0 Å². The Bertz CT molecular complexity index is 1290. The van der Waals surface area contributed by atoms with Crippen molar-refractivity contribution in [3.05, 3.63) is 78.1 Å². The highest BCUT2D eigenvalue weighted by Crippen LogP contribution is 2.32. The van der Waals surface area contributed by atoms with Crippen LogP contribution in [0.4, 0.5) is 5.69 Å². The lowest BCUT2D eigenvalue weighted by Gasteiger charge is -2.30. The third kappa shape index (κ3) is 4.85. The molecule has 0 aliphatic carbocycles. The van der Waals surface area contributed by atoms with E-state index in [2.05, 4.69) is 11.0 Å². The Morgan fingerprint density at radius 3 is 2.64 bits per heavy atom. The average Bonchev–Trinajstić information content (AvgIpc) is 3.33. The molecular formula is C24H25N3O5S. The van der Waals surface area contributed by atoms with Gasteiger partial charge in [0.25, 0.3) is 15.9 Å². The van der Waals surface area contributed by atoms with Crippen molar-refractivity contribution in [2.24, 2.45) is 0 Å². The van der Waals surface area contributed by atoms with E-state index in [0.29, 0.717) is 18.8 Å². The van der Waals surface area contributed by atoms with Crippen LogP contribution in [0.1, 0.15) is 11.1 Å². The summed E-state index contributed by atoms with van der Waals surface area (Å²) < 4.78 is 33.0. The summed E-state index contributed by atoms with van der Waals surface area (Å²) in [5, 5.41) is 8.57. The zero-order valence-corrected chi connectivity index (χ0v) is 19.0. The standard InChI is InChI=1S/C24H25N3O5S/c1-18-22(6-3-7-23(18)26-12-14-32-15-13-26)20-4-2-5-21(16-20)33(30,31)27-11-10-19(17-27)8-9-24(28)25-29/h2-11,16-17,29H,12-15H2,1H3,(H,25,28). The number of benzene rings is 2. The van der Waals surface area contributed by atoms with Gasteiger partial charge in [-0.15, -0.1) is 0 Å². The quantitative estimate of drug-likeness (QED) is 0.328. The summed E-state index contributed by atoms with van der Waals surface area (Å²) in [4.78, 5) is 13.6. The number of hydroxylamine groups is 1. The predicted molar refractivity (Wildman–Crippen MR) is 126 cm³/mol. The number of morpholine rings is 1. The Labute approximate surface area is 192 Å². The minimum atomic E-state index is -3.83. The summed E-state index contributed by atoms with van der Waals surface area (Å²) >= 11 is 0. The third-order valence-electron chi connectivity index (χ3n) is 5.60. The Morgan fingerprint density at radius 1 is 1.12 bits per heavy atom. The van der Waals surface area contributed by atoms with Crippen LogP contribution in [0.2, 0.25) is 0 Å². The van der Waals surface area contributed by atoms with Crippen LogP contribution in [0.5, 0.6) is 0 Å². The second kappa shape index (κ2) is 9.62. The molecule has 0 unspecified atom stereocenters. The van der Waals surface area contributed by atoms with Crippen molar-refractivity contribution in [2.75, 3.05) is 31.2 Å². The van der Waals surface area contributed by atoms with E-state index in [1.165, 1.54) is 23.9 Å². The van der Waals surface area contributed by atoms with Crippen molar-refractivity contribution in [3.63, 3.8) is 0 Å². The number of ether oxygens (including phenoxy) is 1. The van der Waals surface area contributed by atoms with Crippen LogP contribution in [0.15, 0.2) is 71.9 Å². The van der Waals surface area contributed by atoms with E-state index in [1.54, 1.807) is 24.3 Å². The van der Waals surface area contributed by atoms with Crippen LogP contribution in [0, 0.1) is 6.92 Å². The molecule has 2 aromatic carbocycles. The molecule has 0 radical (unpaired) electrons. The summed E-state index contributed by atoms with van der Waals surface area (Å²) in [7, 11) is -3.83. The Balaban J connectivity index is 1.65. The van der Waals surface area contributed by atoms with Crippen LogP contribution in [0.25, 0.3) is 17.2 Å². The topological polar surface area (TPSA) is 101 Å². The molecule has 8 nitrogen and oxygen atoms in total. The van der Waals surface area contributed by atoms with Crippen molar-refractivity contribution in [3.8, 4) is 11.1 Å². The van der Waals surface area contributed by atoms with E-state index in [-0.39, 0.29) is 4.90 Å². The largest absolute Gasteiger partial charge is 0.378 e. The van der Waals surface area contributed by atoms with E-state index in [1.807, 2.05) is 25.1 Å². The number of nitrogens with zero attached hydrogens (tertiary/aromatic N) is 2. The molecule has 1 aliphatic heterocycles. The lowest BCUT2D eigenvalue weighted by molar-refractivity contribution is -0.124. The van der Waals surface area contributed by atoms with Gasteiger partial charge < -0.3 is 9.64 Å². The summed E-state index contributed by atoms with van der Waals surface area (Å²) in [5.41, 5.74) is 6.00. The molecule has 0 atom stereocenters. The fourth-order valence-corrected chi connectivity index (χ4v) is 5.13. The highest BCUT2D eigenvalue weighted by Gasteiger charge is 2.19. The van der Waals surface area contributed by atoms with E-state index in [0.717, 1.165) is 45.5 Å². The lowest BCUT2D eigenvalue weighted by Crippen LogP contribution is -2.36. The number of anilines is 1. The first-order chi connectivity index (χ1) is 15.9. The van der Waals surface area contributed by atoms with Gasteiger partial charge in [-0.2, -0.15) is 0 Å². The third-order valence-corrected chi connectivity index (χ3v) is 7.24. The SMILES string of the molecule is Cc1c(-c2cccc(S(=O)(=O)n3ccc(C=CC(=O)NO)c3)c2)cccc1N1CCOCC1. The number of hydrogen-bond acceptors (Lipinski definition) is 6. The van der Waals surface area contributed by atoms with Crippen LogP contribution in [-0.4, -0.2) is 49.8 Å². The maximum absolute atomic E-state index is 13.2. The van der Waals surface area contributed by atoms with Crippen molar-refractivity contribution < 1.29 is 23.2 Å². The van der Waals surface area contributed by atoms with Crippen molar-refractivity contribution >= 4 is 27.7 Å². The second-order valence-electron chi connectivity index (χ2n) is 7.67. The Morgan fingerprint density at radius 2 is 1.88 bits per heavy atom. The van der Waals surface area contributed by atoms with Gasteiger partial charge in [0, 0.05) is 37.2 Å². The number of carbonyl (C=O) groups is 1. The number of carbonyl (C=O) groups excluding carboxylic acids is 1. The number of hydrogen-bond donors (Lipinski definition) is 2. The lowest BCUT2D eigenvalue weighted by atomic mass is 9.98. The van der Waals surface area contributed by atoms with E-state index in [4.69, 9.17) is 9.94 Å². The van der Waals surface area contributed by atoms with Gasteiger partial charge in [-0.1, -0.05) is 24.3 Å². The highest BCUT2D eigenvalue weighted by molar-refractivity contribution is 7.90. The zero-order valence-electron chi connectivity index (χ0n) is 18.1. The monoisotopic (exact) mass is 467 g/mol. The highest BCUT2D eigenvalue weighted by atomic mass is 32.2. The van der Waals surface area contributed by atoms with Gasteiger partial charge in [-0.25, -0.2) is 17.9 Å². The smallest absolute Gasteiger partial charge is 0.267 e. The average molecular weight is 468 g/mol. The number of aromatic nitrogens is 1. The minimum Gasteiger partial charge on any atom is -0.378 e. The summed E-state index contributed by atoms with van der Waals surface area (Å²) in [6.45, 7) is 5.08. The van der Waals surface area contributed by atoms with Crippen LogP contribution in [0.3, 0.4) is 0 Å². The second-order valence-corrected chi connectivity index (χ2v) is 9.51. The van der Waals surface area contributed by atoms with Gasteiger partial charge in [0.15, 0.2) is 0 Å². The van der Waals surface area contributed by atoms with Gasteiger partial charge in [0.05, 0.1) is 18.1 Å². The molecule has 0 spiro atoms. The summed E-state index contributed by atoms with van der Waals surface area (Å²) in [6.07, 6.45) is 5.35. The van der Waals surface area contributed by atoms with E-state index >= 15 is 0 Å². The molecule has 33 heavy (non-hydrogen) atoms. The minimum absolute atomic E-state index is 0.162. The summed E-state index contributed by atoms with van der Waals surface area (Å²) in [5.74, 6) is -0.701. The van der Waals surface area contributed by atoms with Gasteiger partial charge in [-0.3, -0.25) is 10.0 Å². The molecule has 1 aromatic heterocycles. The molecule has 1 saturated heterocycles. The van der Waals surface area contributed by atoms with Gasteiger partial charge in [-0.05, 0) is 59.5 Å². The first kappa shape index (κ1) is 22.8. The Hall–Kier alpha value is -3.40. The van der Waals surface area contributed by atoms with Crippen molar-refractivity contribution in [2.45, 2.75) is 11.8 Å². The Kier molecular flexibility index (Phi) is 6.64. The molecule has 172 valence electrons. The zero-order chi connectivity index (χ0) is 23.4. The molecule has 0 bridgehead atoms. The molecule has 1 amide bonds. The first-order valence-corrected chi connectivity index (χ1v) is 11.9.